The van der Waals surface area contributed by atoms with Gasteiger partial charge in [0.15, 0.2) is 11.6 Å². The lowest BCUT2D eigenvalue weighted by molar-refractivity contribution is -0.127. The van der Waals surface area contributed by atoms with Crippen molar-refractivity contribution in [3.05, 3.63) is 104 Å². The van der Waals surface area contributed by atoms with Gasteiger partial charge in [0, 0.05) is 10.0 Å². The van der Waals surface area contributed by atoms with Crippen molar-refractivity contribution in [1.29, 1.82) is 0 Å². The van der Waals surface area contributed by atoms with E-state index in [9.17, 15) is 19.2 Å². The third-order valence-corrected chi connectivity index (χ3v) is 8.03. The number of hydrogen-bond donors (Lipinski definition) is 2. The minimum absolute atomic E-state index is 0.219. The van der Waals surface area contributed by atoms with E-state index in [-0.39, 0.29) is 10.0 Å². The zero-order valence-electron chi connectivity index (χ0n) is 26.0. The zero-order chi connectivity index (χ0) is 35.1. The van der Waals surface area contributed by atoms with E-state index in [2.05, 4.69) is 31.1 Å². The van der Waals surface area contributed by atoms with Crippen LogP contribution >= 0.6 is 46.4 Å². The molecule has 0 aliphatic carbocycles. The van der Waals surface area contributed by atoms with Crippen LogP contribution in [-0.4, -0.2) is 35.5 Å². The highest BCUT2D eigenvalue weighted by Crippen LogP contribution is 2.31. The number of anilines is 2. The van der Waals surface area contributed by atoms with Gasteiger partial charge in [-0.15, -0.1) is 0 Å². The second-order valence-electron chi connectivity index (χ2n) is 10.7. The average Bonchev–Trinajstić information content (AvgIpc) is 3.01. The summed E-state index contributed by atoms with van der Waals surface area (Å²) in [6, 6.07) is 17.2. The van der Waals surface area contributed by atoms with Crippen LogP contribution in [0, 0.1) is 13.8 Å². The number of aryl methyl sites for hydroxylation is 2. The summed E-state index contributed by atoms with van der Waals surface area (Å²) in [6.07, 6.45) is 0. The minimum Gasteiger partial charge on any atom is -0.322 e. The van der Waals surface area contributed by atoms with Crippen LogP contribution in [0.25, 0.3) is 11.1 Å². The van der Waals surface area contributed by atoms with Gasteiger partial charge in [0.25, 0.3) is 11.8 Å². The van der Waals surface area contributed by atoms with Crippen molar-refractivity contribution in [3.63, 3.8) is 0 Å². The number of nitrogens with zero attached hydrogens (tertiary/aromatic N) is 4. The molecule has 0 aliphatic rings. The van der Waals surface area contributed by atoms with Crippen LogP contribution in [0.1, 0.15) is 25.0 Å². The minimum atomic E-state index is -1.39. The molecule has 0 fully saturated rings. The Bertz CT molecular complexity index is 1840. The normalized spacial score (nSPS) is 12.6. The number of ketones is 2. The Balaban J connectivity index is 1.47. The summed E-state index contributed by atoms with van der Waals surface area (Å²) in [5.74, 6) is -2.36. The van der Waals surface area contributed by atoms with E-state index in [1.807, 2.05) is 38.1 Å². The monoisotopic (exact) mass is 724 g/mol. The number of benzene rings is 4. The van der Waals surface area contributed by atoms with Crippen LogP contribution in [0.3, 0.4) is 0 Å². The summed E-state index contributed by atoms with van der Waals surface area (Å²) in [5, 5.41) is 22.8. The molecular weight excluding hydrogens is 698 g/mol. The molecule has 0 saturated heterocycles. The largest absolute Gasteiger partial charge is 0.322 e. The van der Waals surface area contributed by atoms with Crippen LogP contribution < -0.4 is 10.6 Å². The highest BCUT2D eigenvalue weighted by molar-refractivity contribution is 6.37. The number of azo groups is 2. The van der Waals surface area contributed by atoms with Crippen LogP contribution in [0.15, 0.2) is 93.3 Å². The lowest BCUT2D eigenvalue weighted by Gasteiger charge is -2.12. The molecule has 0 aromatic heterocycles. The predicted octanol–water partition coefficient (Wildman–Crippen LogP) is 9.94. The number of halogens is 4. The summed E-state index contributed by atoms with van der Waals surface area (Å²) in [4.78, 5) is 50.1. The molecule has 2 unspecified atom stereocenters. The number of Topliss-reactive ketones (excluding diaryl/α,β-unsaturated/α-hetero) is 2. The van der Waals surface area contributed by atoms with Gasteiger partial charge in [-0.2, -0.15) is 20.5 Å². The molecule has 2 N–H and O–H groups in total. The van der Waals surface area contributed by atoms with E-state index in [4.69, 9.17) is 46.4 Å². The van der Waals surface area contributed by atoms with Crippen LogP contribution in [0.2, 0.25) is 20.1 Å². The maximum atomic E-state index is 12.8. The molecule has 0 radical (unpaired) electrons. The first-order valence-corrected chi connectivity index (χ1v) is 15.8. The van der Waals surface area contributed by atoms with Gasteiger partial charge in [-0.05, 0) is 111 Å². The Labute approximate surface area is 296 Å². The summed E-state index contributed by atoms with van der Waals surface area (Å²) < 4.78 is 0. The molecule has 4 aromatic carbocycles. The van der Waals surface area contributed by atoms with E-state index in [1.54, 1.807) is 24.3 Å². The van der Waals surface area contributed by atoms with Gasteiger partial charge in [-0.25, -0.2) is 0 Å². The maximum absolute atomic E-state index is 12.8. The van der Waals surface area contributed by atoms with Gasteiger partial charge in [0.2, 0.25) is 12.1 Å². The van der Waals surface area contributed by atoms with Crippen molar-refractivity contribution in [1.82, 2.24) is 0 Å². The molecule has 2 atom stereocenters. The molecule has 0 spiro atoms. The smallest absolute Gasteiger partial charge is 0.258 e. The molecule has 14 heteroatoms. The first-order valence-electron chi connectivity index (χ1n) is 14.3. The van der Waals surface area contributed by atoms with E-state index in [0.29, 0.717) is 32.8 Å². The van der Waals surface area contributed by atoms with Crippen molar-refractivity contribution < 1.29 is 19.2 Å². The van der Waals surface area contributed by atoms with Crippen LogP contribution in [0.5, 0.6) is 0 Å². The number of rotatable bonds is 11. The molecule has 0 saturated carbocycles. The molecule has 246 valence electrons. The lowest BCUT2D eigenvalue weighted by Crippen LogP contribution is -2.31. The average molecular weight is 726 g/mol. The molecular formula is C34H28Cl4N6O4. The molecule has 0 heterocycles. The Hall–Kier alpha value is -4.48. The number of carbonyl (C=O) groups is 4. The molecule has 0 bridgehead atoms. The van der Waals surface area contributed by atoms with Gasteiger partial charge in [0.1, 0.15) is 0 Å². The third kappa shape index (κ3) is 9.32. The van der Waals surface area contributed by atoms with Crippen molar-refractivity contribution in [2.75, 3.05) is 10.6 Å². The molecule has 4 aromatic rings. The van der Waals surface area contributed by atoms with E-state index in [1.165, 1.54) is 38.1 Å². The molecule has 4 rings (SSSR count). The molecule has 10 nitrogen and oxygen atoms in total. The van der Waals surface area contributed by atoms with Crippen molar-refractivity contribution in [2.45, 2.75) is 39.8 Å². The quantitative estimate of drug-likeness (QED) is 0.117. The second-order valence-corrected chi connectivity index (χ2v) is 12.4. The molecule has 0 aliphatic heterocycles. The Morgan fingerprint density at radius 2 is 0.938 bits per heavy atom. The zero-order valence-corrected chi connectivity index (χ0v) is 29.0. The molecule has 48 heavy (non-hydrogen) atoms. The van der Waals surface area contributed by atoms with Crippen LogP contribution in [0.4, 0.5) is 22.7 Å². The lowest BCUT2D eigenvalue weighted by atomic mass is 10.0. The predicted molar refractivity (Wildman–Crippen MR) is 190 cm³/mol. The van der Waals surface area contributed by atoms with E-state index in [0.717, 1.165) is 22.3 Å². The van der Waals surface area contributed by atoms with Crippen molar-refractivity contribution >= 4 is 92.5 Å². The SMILES string of the molecule is CC(=O)C(N=Nc1ccc(-c2ccc(N=NC(C(C)=O)C(=O)Nc3ccc(Cl)cc3Cl)c(C)c2)cc1C)C(=O)Nc1ccc(Cl)cc1Cl. The number of hydrogen-bond acceptors (Lipinski definition) is 8. The van der Waals surface area contributed by atoms with E-state index >= 15 is 0 Å². The van der Waals surface area contributed by atoms with Gasteiger partial charge in [-0.1, -0.05) is 58.5 Å². The summed E-state index contributed by atoms with van der Waals surface area (Å²) in [5.41, 5.74) is 4.73. The fraction of sp³-hybridized carbons (Fsp3) is 0.176. The first kappa shape index (κ1) is 36.4. The number of amides is 2. The van der Waals surface area contributed by atoms with Gasteiger partial charge >= 0.3 is 0 Å². The third-order valence-electron chi connectivity index (χ3n) is 6.93. The first-order chi connectivity index (χ1) is 22.7. The summed E-state index contributed by atoms with van der Waals surface area (Å²) >= 11 is 24.1. The maximum Gasteiger partial charge on any atom is 0.258 e. The Morgan fingerprint density at radius 1 is 0.562 bits per heavy atom. The second kappa shape index (κ2) is 16.1. The highest BCUT2D eigenvalue weighted by atomic mass is 35.5. The standard InChI is InChI=1S/C34H28Cl4N6O4/c1-17-13-21(5-9-27(17)41-43-31(19(3)45)33(47)39-29-11-7-23(35)15-25(29)37)22-6-10-28(18(2)14-22)42-44-32(20(4)46)34(48)40-30-12-8-24(36)16-26(30)38/h5-16,31-32H,1-4H3,(H,39,47)(H,40,48). The van der Waals surface area contributed by atoms with Crippen molar-refractivity contribution in [3.8, 4) is 11.1 Å². The number of nitrogens with one attached hydrogen (secondary N) is 2. The van der Waals surface area contributed by atoms with Gasteiger partial charge < -0.3 is 10.6 Å². The van der Waals surface area contributed by atoms with E-state index < -0.39 is 35.5 Å². The fourth-order valence-corrected chi connectivity index (χ4v) is 5.27. The Morgan fingerprint density at radius 3 is 1.25 bits per heavy atom. The summed E-state index contributed by atoms with van der Waals surface area (Å²) in [7, 11) is 0. The summed E-state index contributed by atoms with van der Waals surface area (Å²) in [6.45, 7) is 6.16. The Kier molecular flexibility index (Phi) is 12.2. The number of carbonyl (C=O) groups excluding carboxylic acids is 4. The van der Waals surface area contributed by atoms with Gasteiger partial charge in [-0.3, -0.25) is 19.2 Å². The van der Waals surface area contributed by atoms with Crippen molar-refractivity contribution in [2.24, 2.45) is 20.5 Å². The fourth-order valence-electron chi connectivity index (χ4n) is 4.35. The van der Waals surface area contributed by atoms with Crippen LogP contribution in [-0.2, 0) is 19.2 Å². The topological polar surface area (TPSA) is 142 Å². The highest BCUT2D eigenvalue weighted by Gasteiger charge is 2.25. The molecule has 2 amide bonds. The van der Waals surface area contributed by atoms with Gasteiger partial charge in [0.05, 0.1) is 32.8 Å².